The number of carbonyl (C=O) groups excluding carboxylic acids is 2. The average molecular weight is 551 g/mol. The predicted octanol–water partition coefficient (Wildman–Crippen LogP) is 5.76. The number of esters is 1. The number of carbonyl (C=O) groups is 2. The predicted molar refractivity (Wildman–Crippen MR) is 158 cm³/mol. The Labute approximate surface area is 241 Å². The average Bonchev–Trinajstić information content (AvgIpc) is 3.64. The summed E-state index contributed by atoms with van der Waals surface area (Å²) < 4.78 is 7.20. The molecule has 212 valence electrons. The molecule has 6 rings (SSSR count). The van der Waals surface area contributed by atoms with E-state index in [9.17, 15) is 9.59 Å². The number of nitrogens with zero attached hydrogens (tertiary/aromatic N) is 4. The normalized spacial score (nSPS) is 16.9. The molecule has 1 amide bonds. The number of fused-ring (bicyclic) bond motifs is 2. The number of amides is 1. The minimum absolute atomic E-state index is 0.178. The van der Waals surface area contributed by atoms with Crippen LogP contribution in [0.4, 0.5) is 0 Å². The van der Waals surface area contributed by atoms with Crippen molar-refractivity contribution in [3.05, 3.63) is 94.0 Å². The summed E-state index contributed by atoms with van der Waals surface area (Å²) in [7, 11) is 1.89. The van der Waals surface area contributed by atoms with Gasteiger partial charge in [0.05, 0.1) is 24.0 Å². The second-order valence-corrected chi connectivity index (χ2v) is 11.5. The first-order valence-electron chi connectivity index (χ1n) is 14.8. The van der Waals surface area contributed by atoms with Crippen molar-refractivity contribution in [2.45, 2.75) is 70.3 Å². The molecule has 1 saturated carbocycles. The topological polar surface area (TPSA) is 77.3 Å². The molecule has 1 atom stereocenters. The summed E-state index contributed by atoms with van der Waals surface area (Å²) in [5, 5.41) is 8.62. The maximum absolute atomic E-state index is 14.2. The van der Waals surface area contributed by atoms with E-state index in [0.717, 1.165) is 71.0 Å². The van der Waals surface area contributed by atoms with Crippen LogP contribution in [-0.2, 0) is 39.8 Å². The molecule has 4 aromatic rings. The van der Waals surface area contributed by atoms with Crippen LogP contribution in [0.3, 0.4) is 0 Å². The number of rotatable bonds is 7. The largest absolute Gasteiger partial charge is 0.466 e. The zero-order chi connectivity index (χ0) is 28.6. The molecule has 2 heterocycles. The minimum atomic E-state index is -0.425. The van der Waals surface area contributed by atoms with Gasteiger partial charge < -0.3 is 9.64 Å². The Hall–Kier alpha value is -4.00. The maximum Gasteiger partial charge on any atom is 0.306 e. The van der Waals surface area contributed by atoms with Crippen LogP contribution in [0.25, 0.3) is 11.0 Å². The summed E-state index contributed by atoms with van der Waals surface area (Å²) in [6, 6.07) is 20.8. The van der Waals surface area contributed by atoms with Crippen molar-refractivity contribution in [2.24, 2.45) is 7.05 Å². The van der Waals surface area contributed by atoms with Crippen LogP contribution in [0.1, 0.15) is 78.3 Å². The Morgan fingerprint density at radius 1 is 1.00 bits per heavy atom. The first-order valence-corrected chi connectivity index (χ1v) is 14.8. The summed E-state index contributed by atoms with van der Waals surface area (Å²) in [5.74, 6) is -0.139. The van der Waals surface area contributed by atoms with Crippen molar-refractivity contribution in [1.82, 2.24) is 19.9 Å². The molecule has 2 aliphatic rings. The third-order valence-electron chi connectivity index (χ3n) is 9.29. The highest BCUT2D eigenvalue weighted by atomic mass is 16.5. The van der Waals surface area contributed by atoms with Crippen LogP contribution in [0.15, 0.2) is 60.7 Å². The van der Waals surface area contributed by atoms with Crippen molar-refractivity contribution >= 4 is 22.9 Å². The fourth-order valence-corrected chi connectivity index (χ4v) is 7.20. The molecule has 1 aromatic heterocycles. The van der Waals surface area contributed by atoms with Gasteiger partial charge in [0.2, 0.25) is 5.91 Å². The number of ether oxygens (including phenoxy) is 1. The summed E-state index contributed by atoms with van der Waals surface area (Å²) in [4.78, 5) is 29.2. The Kier molecular flexibility index (Phi) is 7.37. The van der Waals surface area contributed by atoms with Gasteiger partial charge in [-0.1, -0.05) is 72.7 Å². The van der Waals surface area contributed by atoms with Gasteiger partial charge >= 0.3 is 5.97 Å². The lowest BCUT2D eigenvalue weighted by Gasteiger charge is -2.38. The van der Waals surface area contributed by atoms with Gasteiger partial charge in [0.1, 0.15) is 5.52 Å². The lowest BCUT2D eigenvalue weighted by molar-refractivity contribution is -0.143. The van der Waals surface area contributed by atoms with Gasteiger partial charge in [-0.05, 0) is 72.6 Å². The molecule has 41 heavy (non-hydrogen) atoms. The molecule has 1 unspecified atom stereocenters. The Balaban J connectivity index is 1.36. The van der Waals surface area contributed by atoms with Gasteiger partial charge in [0.25, 0.3) is 0 Å². The van der Waals surface area contributed by atoms with E-state index in [1.165, 1.54) is 5.56 Å². The van der Waals surface area contributed by atoms with E-state index < -0.39 is 5.41 Å². The minimum Gasteiger partial charge on any atom is -0.466 e. The standard InChI is InChI=1S/C34H38N4O3/c1-4-41-31(39)21-29(26-15-16-30-32(23(26)2)35-36-37(30)3)28-14-10-11-24-22-38(20-17-27(24)28)33(40)34(18-8-9-19-34)25-12-6-5-7-13-25/h5-7,10-16,29H,4,8-9,17-22H2,1-3H3. The van der Waals surface area contributed by atoms with Crippen molar-refractivity contribution < 1.29 is 14.3 Å². The maximum atomic E-state index is 14.2. The molecule has 1 aliphatic heterocycles. The first-order chi connectivity index (χ1) is 19.9. The summed E-state index contributed by atoms with van der Waals surface area (Å²) in [5.41, 5.74) is 8.16. The zero-order valence-corrected chi connectivity index (χ0v) is 24.2. The third-order valence-corrected chi connectivity index (χ3v) is 9.29. The van der Waals surface area contributed by atoms with Gasteiger partial charge in [-0.3, -0.25) is 9.59 Å². The zero-order valence-electron chi connectivity index (χ0n) is 24.2. The summed E-state index contributed by atoms with van der Waals surface area (Å²) >= 11 is 0. The second-order valence-electron chi connectivity index (χ2n) is 11.5. The molecule has 7 nitrogen and oxygen atoms in total. The van der Waals surface area contributed by atoms with E-state index in [2.05, 4.69) is 58.5 Å². The summed E-state index contributed by atoms with van der Waals surface area (Å²) in [6.45, 7) is 5.51. The van der Waals surface area contributed by atoms with Crippen molar-refractivity contribution in [2.75, 3.05) is 13.2 Å². The van der Waals surface area contributed by atoms with Crippen molar-refractivity contribution in [1.29, 1.82) is 0 Å². The van der Waals surface area contributed by atoms with Crippen LogP contribution in [0, 0.1) is 6.92 Å². The molecule has 3 aromatic carbocycles. The van der Waals surface area contributed by atoms with E-state index in [1.807, 2.05) is 38.2 Å². The molecule has 0 radical (unpaired) electrons. The van der Waals surface area contributed by atoms with Crippen LogP contribution >= 0.6 is 0 Å². The Bertz CT molecular complexity index is 1590. The lowest BCUT2D eigenvalue weighted by Crippen LogP contribution is -2.47. The lowest BCUT2D eigenvalue weighted by atomic mass is 9.76. The molecular formula is C34H38N4O3. The van der Waals surface area contributed by atoms with Crippen LogP contribution in [0.5, 0.6) is 0 Å². The van der Waals surface area contributed by atoms with Gasteiger partial charge in [-0.15, -0.1) is 5.10 Å². The van der Waals surface area contributed by atoms with Crippen molar-refractivity contribution in [3.8, 4) is 0 Å². The highest BCUT2D eigenvalue weighted by Gasteiger charge is 2.45. The smallest absolute Gasteiger partial charge is 0.306 e. The fraction of sp³-hybridized carbons (Fsp3) is 0.412. The monoisotopic (exact) mass is 550 g/mol. The van der Waals surface area contributed by atoms with E-state index >= 15 is 0 Å². The molecule has 0 bridgehead atoms. The SMILES string of the molecule is CCOC(=O)CC(c1cccc2c1CCN(C(=O)C1(c3ccccc3)CCCC1)C2)c1ccc2c(nnn2C)c1C. The quantitative estimate of drug-likeness (QED) is 0.274. The number of aromatic nitrogens is 3. The Morgan fingerprint density at radius 2 is 1.78 bits per heavy atom. The summed E-state index contributed by atoms with van der Waals surface area (Å²) in [6.07, 6.45) is 4.99. The number of hydrogen-bond acceptors (Lipinski definition) is 5. The van der Waals surface area contributed by atoms with Crippen LogP contribution in [0.2, 0.25) is 0 Å². The number of aryl methyl sites for hydroxylation is 2. The van der Waals surface area contributed by atoms with Crippen LogP contribution < -0.4 is 0 Å². The number of hydrogen-bond donors (Lipinski definition) is 0. The van der Waals surface area contributed by atoms with E-state index in [-0.39, 0.29) is 24.2 Å². The van der Waals surface area contributed by atoms with Crippen LogP contribution in [-0.4, -0.2) is 44.9 Å². The molecule has 0 spiro atoms. The van der Waals surface area contributed by atoms with Crippen molar-refractivity contribution in [3.63, 3.8) is 0 Å². The number of benzene rings is 3. The van der Waals surface area contributed by atoms with Gasteiger partial charge in [-0.25, -0.2) is 4.68 Å². The molecule has 0 saturated heterocycles. The molecule has 1 aliphatic carbocycles. The highest BCUT2D eigenvalue weighted by Crippen LogP contribution is 2.44. The van der Waals surface area contributed by atoms with E-state index in [0.29, 0.717) is 19.7 Å². The third kappa shape index (κ3) is 4.81. The molecule has 1 fully saturated rings. The molecular weight excluding hydrogens is 512 g/mol. The van der Waals surface area contributed by atoms with Gasteiger partial charge in [0.15, 0.2) is 0 Å². The Morgan fingerprint density at radius 3 is 2.54 bits per heavy atom. The molecule has 7 heteroatoms. The van der Waals surface area contributed by atoms with E-state index in [1.54, 1.807) is 4.68 Å². The fourth-order valence-electron chi connectivity index (χ4n) is 7.20. The van der Waals surface area contributed by atoms with Gasteiger partial charge in [0, 0.05) is 26.1 Å². The van der Waals surface area contributed by atoms with E-state index in [4.69, 9.17) is 4.74 Å². The first kappa shape index (κ1) is 27.2. The second kappa shape index (κ2) is 11.1. The van der Waals surface area contributed by atoms with Gasteiger partial charge in [-0.2, -0.15) is 0 Å². The highest BCUT2D eigenvalue weighted by molar-refractivity contribution is 5.89. The molecule has 0 N–H and O–H groups in total.